The monoisotopic (exact) mass is 233 g/mol. The summed E-state index contributed by atoms with van der Waals surface area (Å²) in [5.74, 6) is 1.05. The lowest BCUT2D eigenvalue weighted by atomic mass is 10.2. The Kier molecular flexibility index (Phi) is 3.14. The van der Waals surface area contributed by atoms with Crippen molar-refractivity contribution in [1.29, 1.82) is 0 Å². The number of hydrogen-bond donors (Lipinski definition) is 1. The van der Waals surface area contributed by atoms with E-state index in [9.17, 15) is 0 Å². The second-order valence-corrected chi connectivity index (χ2v) is 3.94. The van der Waals surface area contributed by atoms with Crippen molar-refractivity contribution in [2.24, 2.45) is 0 Å². The van der Waals surface area contributed by atoms with Crippen LogP contribution in [0.15, 0.2) is 10.5 Å². The average molecular weight is 233 g/mol. The lowest BCUT2D eigenvalue weighted by molar-refractivity contribution is 0.441. The van der Waals surface area contributed by atoms with Crippen molar-refractivity contribution >= 4 is 0 Å². The highest BCUT2D eigenvalue weighted by Gasteiger charge is 2.15. The van der Waals surface area contributed by atoms with Gasteiger partial charge in [-0.25, -0.2) is 0 Å². The first kappa shape index (κ1) is 11.7. The fourth-order valence-electron chi connectivity index (χ4n) is 1.41. The normalized spacial score (nSPS) is 12.7. The molecule has 2 rings (SSSR count). The maximum atomic E-state index is 5.61. The maximum absolute atomic E-state index is 5.61. The Morgan fingerprint density at radius 3 is 2.65 bits per heavy atom. The third-order valence-corrected chi connectivity index (χ3v) is 2.58. The SMILES string of the molecule is CNC(C)c1nnc(-c2cc(C)nnc2C)o1. The van der Waals surface area contributed by atoms with Gasteiger partial charge < -0.3 is 9.73 Å². The van der Waals surface area contributed by atoms with E-state index >= 15 is 0 Å². The van der Waals surface area contributed by atoms with Crippen molar-refractivity contribution in [3.63, 3.8) is 0 Å². The van der Waals surface area contributed by atoms with Crippen LogP contribution in [-0.2, 0) is 0 Å². The molecule has 2 heterocycles. The van der Waals surface area contributed by atoms with Crippen molar-refractivity contribution in [1.82, 2.24) is 25.7 Å². The molecule has 0 aliphatic rings. The molecule has 1 unspecified atom stereocenters. The Morgan fingerprint density at radius 1 is 1.18 bits per heavy atom. The van der Waals surface area contributed by atoms with Gasteiger partial charge in [-0.3, -0.25) is 0 Å². The molecular formula is C11H15N5O. The van der Waals surface area contributed by atoms with Crippen molar-refractivity contribution in [3.8, 4) is 11.5 Å². The van der Waals surface area contributed by atoms with E-state index < -0.39 is 0 Å². The molecule has 0 amide bonds. The van der Waals surface area contributed by atoms with E-state index in [0.29, 0.717) is 11.8 Å². The topological polar surface area (TPSA) is 76.7 Å². The molecule has 0 fully saturated rings. The quantitative estimate of drug-likeness (QED) is 0.864. The highest BCUT2D eigenvalue weighted by atomic mass is 16.4. The fourth-order valence-corrected chi connectivity index (χ4v) is 1.41. The molecule has 0 aliphatic carbocycles. The number of nitrogens with zero attached hydrogens (tertiary/aromatic N) is 4. The summed E-state index contributed by atoms with van der Waals surface area (Å²) >= 11 is 0. The van der Waals surface area contributed by atoms with Crippen LogP contribution >= 0.6 is 0 Å². The van der Waals surface area contributed by atoms with Crippen LogP contribution in [0.25, 0.3) is 11.5 Å². The molecule has 6 nitrogen and oxygen atoms in total. The average Bonchev–Trinajstić information content (AvgIpc) is 2.80. The lowest BCUT2D eigenvalue weighted by Gasteiger charge is -2.03. The van der Waals surface area contributed by atoms with Gasteiger partial charge in [0, 0.05) is 0 Å². The summed E-state index contributed by atoms with van der Waals surface area (Å²) in [5, 5.41) is 19.1. The van der Waals surface area contributed by atoms with Gasteiger partial charge in [0.25, 0.3) is 0 Å². The number of hydrogen-bond acceptors (Lipinski definition) is 6. The van der Waals surface area contributed by atoms with Crippen LogP contribution in [0, 0.1) is 13.8 Å². The second kappa shape index (κ2) is 4.58. The van der Waals surface area contributed by atoms with Crippen molar-refractivity contribution in [3.05, 3.63) is 23.3 Å². The van der Waals surface area contributed by atoms with Crippen LogP contribution in [0.1, 0.15) is 30.2 Å². The van der Waals surface area contributed by atoms with Gasteiger partial charge in [-0.1, -0.05) is 0 Å². The van der Waals surface area contributed by atoms with Gasteiger partial charge in [0.15, 0.2) is 0 Å². The van der Waals surface area contributed by atoms with Crippen LogP contribution in [0.4, 0.5) is 0 Å². The number of nitrogens with one attached hydrogen (secondary N) is 1. The zero-order valence-corrected chi connectivity index (χ0v) is 10.4. The van der Waals surface area contributed by atoms with E-state index in [1.54, 1.807) is 0 Å². The van der Waals surface area contributed by atoms with E-state index in [2.05, 4.69) is 25.7 Å². The largest absolute Gasteiger partial charge is 0.419 e. The molecule has 0 aliphatic heterocycles. The van der Waals surface area contributed by atoms with Crippen molar-refractivity contribution in [2.75, 3.05) is 7.05 Å². The smallest absolute Gasteiger partial charge is 0.249 e. The van der Waals surface area contributed by atoms with Gasteiger partial charge in [-0.05, 0) is 33.9 Å². The van der Waals surface area contributed by atoms with Gasteiger partial charge >= 0.3 is 0 Å². The van der Waals surface area contributed by atoms with E-state index in [0.717, 1.165) is 17.0 Å². The zero-order valence-electron chi connectivity index (χ0n) is 10.4. The summed E-state index contributed by atoms with van der Waals surface area (Å²) in [5.41, 5.74) is 2.44. The van der Waals surface area contributed by atoms with Gasteiger partial charge in [-0.2, -0.15) is 10.2 Å². The Balaban J connectivity index is 2.40. The minimum atomic E-state index is 0.0347. The predicted molar refractivity (Wildman–Crippen MR) is 62.3 cm³/mol. The van der Waals surface area contributed by atoms with Gasteiger partial charge in [-0.15, -0.1) is 10.2 Å². The summed E-state index contributed by atoms with van der Waals surface area (Å²) in [6.45, 7) is 5.71. The molecule has 0 spiro atoms. The van der Waals surface area contributed by atoms with E-state index in [4.69, 9.17) is 4.42 Å². The minimum absolute atomic E-state index is 0.0347. The van der Waals surface area contributed by atoms with Gasteiger partial charge in [0.05, 0.1) is 23.0 Å². The van der Waals surface area contributed by atoms with Gasteiger partial charge in [0.2, 0.25) is 11.8 Å². The van der Waals surface area contributed by atoms with E-state index in [1.807, 2.05) is 33.9 Å². The lowest BCUT2D eigenvalue weighted by Crippen LogP contribution is -2.12. The molecule has 6 heteroatoms. The van der Waals surface area contributed by atoms with Crippen LogP contribution in [0.5, 0.6) is 0 Å². The van der Waals surface area contributed by atoms with Crippen molar-refractivity contribution in [2.45, 2.75) is 26.8 Å². The van der Waals surface area contributed by atoms with Crippen LogP contribution < -0.4 is 5.32 Å². The molecule has 0 radical (unpaired) electrons. The zero-order chi connectivity index (χ0) is 12.4. The van der Waals surface area contributed by atoms with Gasteiger partial charge in [0.1, 0.15) is 0 Å². The fraction of sp³-hybridized carbons (Fsp3) is 0.455. The molecule has 1 N–H and O–H groups in total. The number of aryl methyl sites for hydroxylation is 2. The van der Waals surface area contributed by atoms with Crippen LogP contribution in [0.2, 0.25) is 0 Å². The molecular weight excluding hydrogens is 218 g/mol. The summed E-state index contributed by atoms with van der Waals surface area (Å²) in [7, 11) is 1.85. The summed E-state index contributed by atoms with van der Waals surface area (Å²) in [6, 6.07) is 1.93. The third-order valence-electron chi connectivity index (χ3n) is 2.58. The van der Waals surface area contributed by atoms with E-state index in [1.165, 1.54) is 0 Å². The Bertz CT molecular complexity index is 522. The Hall–Kier alpha value is -1.82. The summed E-state index contributed by atoms with van der Waals surface area (Å²) in [6.07, 6.45) is 0. The summed E-state index contributed by atoms with van der Waals surface area (Å²) in [4.78, 5) is 0. The molecule has 90 valence electrons. The predicted octanol–water partition coefficient (Wildman–Crippen LogP) is 1.42. The molecule has 17 heavy (non-hydrogen) atoms. The molecule has 2 aromatic rings. The first-order chi connectivity index (χ1) is 8.11. The van der Waals surface area contributed by atoms with Crippen LogP contribution in [-0.4, -0.2) is 27.4 Å². The standard InChI is InChI=1S/C11H15N5O/c1-6-5-9(7(2)14-13-6)11-16-15-10(17-11)8(3)12-4/h5,8,12H,1-4H3. The van der Waals surface area contributed by atoms with E-state index in [-0.39, 0.29) is 6.04 Å². The molecule has 0 bridgehead atoms. The second-order valence-electron chi connectivity index (χ2n) is 3.94. The number of aromatic nitrogens is 4. The summed E-state index contributed by atoms with van der Waals surface area (Å²) < 4.78 is 5.61. The third kappa shape index (κ3) is 2.31. The minimum Gasteiger partial charge on any atom is -0.419 e. The molecule has 1 atom stereocenters. The first-order valence-electron chi connectivity index (χ1n) is 5.43. The molecule has 0 aromatic carbocycles. The van der Waals surface area contributed by atoms with Crippen molar-refractivity contribution < 1.29 is 4.42 Å². The first-order valence-corrected chi connectivity index (χ1v) is 5.43. The molecule has 0 saturated heterocycles. The molecule has 0 saturated carbocycles. The Labute approximate surface area is 99.5 Å². The number of rotatable bonds is 3. The molecule has 2 aromatic heterocycles. The maximum Gasteiger partial charge on any atom is 0.249 e. The highest BCUT2D eigenvalue weighted by Crippen LogP contribution is 2.22. The highest BCUT2D eigenvalue weighted by molar-refractivity contribution is 5.55. The van der Waals surface area contributed by atoms with Crippen LogP contribution in [0.3, 0.4) is 0 Å². The Morgan fingerprint density at radius 2 is 1.94 bits per heavy atom.